The predicted octanol–water partition coefficient (Wildman–Crippen LogP) is -2.69. The van der Waals surface area contributed by atoms with Gasteiger partial charge in [0.15, 0.2) is 0 Å². The number of hydrogen-bond acceptors (Lipinski definition) is 27. The molecule has 482 valence electrons. The van der Waals surface area contributed by atoms with Crippen LogP contribution in [0.3, 0.4) is 0 Å². The highest BCUT2D eigenvalue weighted by Gasteiger charge is 2.34. The van der Waals surface area contributed by atoms with Gasteiger partial charge in [-0.3, -0.25) is 43.2 Å². The first-order valence-corrected chi connectivity index (χ1v) is 28.2. The molecule has 3 N–H and O–H groups in total. The Balaban J connectivity index is 1.19. The van der Waals surface area contributed by atoms with E-state index in [0.29, 0.717) is 15.2 Å². The molecule has 33 heteroatoms. The summed E-state index contributed by atoms with van der Waals surface area (Å²) in [5.74, 6) is -6.69. The zero-order chi connectivity index (χ0) is 61.5. The maximum Gasteiger partial charge on any atom is 0.335 e. The molecule has 0 radical (unpaired) electrons. The number of rotatable bonds is 54. The first kappa shape index (κ1) is 73.0. The van der Waals surface area contributed by atoms with E-state index in [1.165, 1.54) is 0 Å². The fourth-order valence-corrected chi connectivity index (χ4v) is 6.95. The Morgan fingerprint density at radius 3 is 0.718 bits per heavy atom. The van der Waals surface area contributed by atoms with Gasteiger partial charge in [-0.2, -0.15) is 0 Å². The highest BCUT2D eigenvalue weighted by Crippen LogP contribution is 2.15. The van der Waals surface area contributed by atoms with E-state index in [9.17, 15) is 57.5 Å². The maximum atomic E-state index is 12.4. The second-order valence-electron chi connectivity index (χ2n) is 18.3. The molecule has 0 unspecified atom stereocenters. The van der Waals surface area contributed by atoms with E-state index in [0.717, 1.165) is 0 Å². The summed E-state index contributed by atoms with van der Waals surface area (Å²) in [6.45, 7) is 5.13. The van der Waals surface area contributed by atoms with Crippen LogP contribution in [0, 0.1) is 5.92 Å². The lowest BCUT2D eigenvalue weighted by molar-refractivity contribution is -0.198. The molecule has 0 aliphatic carbocycles. The summed E-state index contributed by atoms with van der Waals surface area (Å²) in [7, 11) is 0. The zero-order valence-corrected chi connectivity index (χ0v) is 48.0. The van der Waals surface area contributed by atoms with E-state index >= 15 is 0 Å². The summed E-state index contributed by atoms with van der Waals surface area (Å²) in [5.41, 5.74) is 0. The molecule has 3 heterocycles. The highest BCUT2D eigenvalue weighted by molar-refractivity contribution is 6.02. The van der Waals surface area contributed by atoms with Crippen molar-refractivity contribution in [1.29, 1.82) is 0 Å². The quantitative estimate of drug-likeness (QED) is 0.0412. The van der Waals surface area contributed by atoms with Crippen molar-refractivity contribution in [3.05, 3.63) is 0 Å². The normalized spacial score (nSPS) is 14.3. The summed E-state index contributed by atoms with van der Waals surface area (Å²) in [4.78, 5) is 156. The van der Waals surface area contributed by atoms with Crippen LogP contribution in [0.25, 0.3) is 0 Å². The van der Waals surface area contributed by atoms with E-state index in [1.54, 1.807) is 0 Å². The number of hydrogen-bond donors (Lipinski definition) is 3. The van der Waals surface area contributed by atoms with Crippen molar-refractivity contribution in [3.63, 3.8) is 0 Å². The standard InChI is InChI=1S/C52H82N6O27/c59-41(53-13-22-74-28-34-77-31-25-71-19-10-50(68)83-56-44(62)1-2-45(56)63)7-16-80-37-40(38-81-17-8-42(60)54-14-23-75-29-35-78-32-26-72-20-11-51(69)84-57-46(64)3-4-47(57)65)39-82-18-9-43(61)55-15-24-76-30-36-79-33-27-73-21-12-52(70)85-58-48(66)5-6-49(58)67/h40H,1-39H2,(H,53,59)(H,54,60)(H,55,61). The van der Waals surface area contributed by atoms with Crippen LogP contribution >= 0.6 is 0 Å². The third-order valence-corrected chi connectivity index (χ3v) is 11.4. The molecule has 0 spiro atoms. The molecule has 0 saturated carbocycles. The molecule has 85 heavy (non-hydrogen) atoms. The molecular formula is C52H82N6O27. The van der Waals surface area contributed by atoms with Crippen molar-refractivity contribution >= 4 is 71.1 Å². The van der Waals surface area contributed by atoms with Gasteiger partial charge in [0.1, 0.15) is 0 Å². The van der Waals surface area contributed by atoms with Crippen LogP contribution in [0.4, 0.5) is 0 Å². The predicted molar refractivity (Wildman–Crippen MR) is 282 cm³/mol. The smallest absolute Gasteiger partial charge is 0.335 e. The molecule has 0 bridgehead atoms. The number of carbonyl (C=O) groups is 12. The molecule has 3 fully saturated rings. The van der Waals surface area contributed by atoms with Gasteiger partial charge in [0.2, 0.25) is 17.7 Å². The Morgan fingerprint density at radius 1 is 0.282 bits per heavy atom. The first-order valence-electron chi connectivity index (χ1n) is 28.2. The van der Waals surface area contributed by atoms with Gasteiger partial charge in [-0.25, -0.2) is 14.4 Å². The molecule has 0 aromatic rings. The summed E-state index contributed by atoms with van der Waals surface area (Å²) in [6.07, 6.45) is -0.165. The first-order chi connectivity index (χ1) is 41.2. The molecule has 3 aliphatic heterocycles. The van der Waals surface area contributed by atoms with Gasteiger partial charge in [0.25, 0.3) is 35.4 Å². The van der Waals surface area contributed by atoms with Gasteiger partial charge in [0.05, 0.1) is 178 Å². The molecule has 3 saturated heterocycles. The second kappa shape index (κ2) is 47.0. The lowest BCUT2D eigenvalue weighted by atomic mass is 10.2. The van der Waals surface area contributed by atoms with E-state index in [-0.39, 0.29) is 279 Å². The molecule has 0 aromatic heterocycles. The average molecular weight is 1220 g/mol. The number of ether oxygens (including phenoxy) is 12. The minimum absolute atomic E-state index is 0.0109. The molecule has 3 rings (SSSR count). The van der Waals surface area contributed by atoms with E-state index in [1.807, 2.05) is 0 Å². The van der Waals surface area contributed by atoms with Gasteiger partial charge in [-0.1, -0.05) is 0 Å². The van der Waals surface area contributed by atoms with Crippen LogP contribution < -0.4 is 16.0 Å². The van der Waals surface area contributed by atoms with Crippen LogP contribution in [-0.2, 0) is 129 Å². The average Bonchev–Trinajstić information content (AvgIpc) is 4.35. The van der Waals surface area contributed by atoms with Crippen LogP contribution in [-0.4, -0.2) is 264 Å². The zero-order valence-electron chi connectivity index (χ0n) is 48.0. The number of hydroxylamine groups is 6. The summed E-state index contributed by atoms with van der Waals surface area (Å²) in [6, 6.07) is 0. The van der Waals surface area contributed by atoms with Crippen molar-refractivity contribution in [1.82, 2.24) is 31.1 Å². The number of amides is 9. The van der Waals surface area contributed by atoms with Crippen LogP contribution in [0.15, 0.2) is 0 Å². The third kappa shape index (κ3) is 36.4. The minimum atomic E-state index is -0.757. The lowest BCUT2D eigenvalue weighted by Crippen LogP contribution is -2.32. The van der Waals surface area contributed by atoms with Gasteiger partial charge in [-0.15, -0.1) is 15.2 Å². The summed E-state index contributed by atoms with van der Waals surface area (Å²) < 4.78 is 65.9. The van der Waals surface area contributed by atoms with Gasteiger partial charge in [0, 0.05) is 83.3 Å². The van der Waals surface area contributed by atoms with E-state index < -0.39 is 53.4 Å². The van der Waals surface area contributed by atoms with Crippen molar-refractivity contribution in [2.24, 2.45) is 5.92 Å². The van der Waals surface area contributed by atoms with Gasteiger partial charge in [-0.05, 0) is 0 Å². The van der Waals surface area contributed by atoms with Crippen LogP contribution in [0.2, 0.25) is 0 Å². The van der Waals surface area contributed by atoms with Gasteiger partial charge < -0.3 is 87.3 Å². The summed E-state index contributed by atoms with van der Waals surface area (Å²) in [5, 5.41) is 9.67. The topological polar surface area (TPSA) is 389 Å². The minimum Gasteiger partial charge on any atom is -0.380 e. The fourth-order valence-electron chi connectivity index (χ4n) is 6.95. The van der Waals surface area contributed by atoms with Crippen molar-refractivity contribution in [3.8, 4) is 0 Å². The third-order valence-electron chi connectivity index (χ3n) is 11.4. The Morgan fingerprint density at radius 2 is 0.482 bits per heavy atom. The molecule has 0 aromatic carbocycles. The van der Waals surface area contributed by atoms with Crippen LogP contribution in [0.5, 0.6) is 0 Å². The highest BCUT2D eigenvalue weighted by atomic mass is 16.7. The number of imide groups is 3. The van der Waals surface area contributed by atoms with E-state index in [4.69, 9.17) is 71.4 Å². The number of carbonyl (C=O) groups excluding carboxylic acids is 12. The fraction of sp³-hybridized carbons (Fsp3) is 0.769. The number of nitrogens with one attached hydrogen (secondary N) is 3. The Kier molecular flexibility index (Phi) is 40.4. The SMILES string of the molecule is O=C(CCOCC(COCCC(=O)NCCOCCOCCOCCC(=O)ON1C(=O)CCC1=O)COCCC(=O)NCCOCCOCCOCCC(=O)ON1C(=O)CCC1=O)NCCOCCOCCOCCC(=O)ON1C(=O)CCC1=O. The Bertz CT molecular complexity index is 1800. The molecular weight excluding hydrogens is 1140 g/mol. The van der Waals surface area contributed by atoms with E-state index in [2.05, 4.69) is 16.0 Å². The largest absolute Gasteiger partial charge is 0.380 e. The maximum absolute atomic E-state index is 12.4. The monoisotopic (exact) mass is 1220 g/mol. The van der Waals surface area contributed by atoms with Crippen LogP contribution in [0.1, 0.15) is 77.0 Å². The second-order valence-corrected chi connectivity index (χ2v) is 18.3. The Hall–Kier alpha value is -6.24. The van der Waals surface area contributed by atoms with Crippen molar-refractivity contribution in [2.75, 3.05) is 178 Å². The molecule has 3 aliphatic rings. The number of nitrogens with zero attached hydrogens (tertiary/aromatic N) is 3. The molecule has 33 nitrogen and oxygen atoms in total. The van der Waals surface area contributed by atoms with Crippen molar-refractivity contribution < 1.29 is 129 Å². The summed E-state index contributed by atoms with van der Waals surface area (Å²) >= 11 is 0. The molecule has 0 atom stereocenters. The van der Waals surface area contributed by atoms with Crippen molar-refractivity contribution in [2.45, 2.75) is 77.0 Å². The van der Waals surface area contributed by atoms with Gasteiger partial charge >= 0.3 is 17.9 Å². The Labute approximate surface area is 491 Å². The lowest BCUT2D eigenvalue weighted by Gasteiger charge is -2.18. The molecule has 9 amide bonds.